The molecular weight excluding hydrogens is 134 g/mol. The van der Waals surface area contributed by atoms with Gasteiger partial charge in [-0.25, -0.2) is 0 Å². The maximum atomic E-state index is 3.12. The lowest BCUT2D eigenvalue weighted by Crippen LogP contribution is -1.61. The normalized spacial score (nSPS) is 9.20. The largest absolute Gasteiger partial charge is 0.361 e. The van der Waals surface area contributed by atoms with E-state index in [1.165, 1.54) is 10.9 Å². The van der Waals surface area contributed by atoms with Crippen molar-refractivity contribution in [1.29, 1.82) is 0 Å². The van der Waals surface area contributed by atoms with Gasteiger partial charge in [-0.15, -0.1) is 0 Å². The van der Waals surface area contributed by atoms with Gasteiger partial charge in [-0.2, -0.15) is 0 Å². The van der Waals surface area contributed by atoms with E-state index in [1.807, 2.05) is 18.3 Å². The summed E-state index contributed by atoms with van der Waals surface area (Å²) >= 11 is 0. The third-order valence-electron chi connectivity index (χ3n) is 1.46. The van der Waals surface area contributed by atoms with Gasteiger partial charge < -0.3 is 4.98 Å². The molecule has 0 spiro atoms. The zero-order valence-electron chi connectivity index (χ0n) is 4.96. The van der Waals surface area contributed by atoms with E-state index >= 15 is 0 Å². The van der Waals surface area contributed by atoms with E-state index in [9.17, 15) is 0 Å². The first-order valence-corrected chi connectivity index (χ1v) is 2.99. The fourth-order valence-electron chi connectivity index (χ4n) is 0.995. The molecule has 0 unspecified atom stereocenters. The van der Waals surface area contributed by atoms with Crippen molar-refractivity contribution in [3.8, 4) is 0 Å². The van der Waals surface area contributed by atoms with Crippen molar-refractivity contribution < 1.29 is 0 Å². The van der Waals surface area contributed by atoms with Crippen LogP contribution in [0.2, 0.25) is 0 Å². The van der Waals surface area contributed by atoms with E-state index in [0.29, 0.717) is 0 Å². The van der Waals surface area contributed by atoms with Crippen molar-refractivity contribution in [2.45, 2.75) is 0 Å². The summed E-state index contributed by atoms with van der Waals surface area (Å²) in [4.78, 5) is 3.12. The maximum Gasteiger partial charge on any atom is 0.316 e. The van der Waals surface area contributed by atoms with Gasteiger partial charge in [0.25, 0.3) is 0 Å². The van der Waals surface area contributed by atoms with Crippen LogP contribution in [0.3, 0.4) is 0 Å². The van der Waals surface area contributed by atoms with Crippen LogP contribution in [-0.4, -0.2) is 28.0 Å². The highest BCUT2D eigenvalue weighted by Gasteiger charge is 1.86. The van der Waals surface area contributed by atoms with Crippen LogP contribution >= 0.6 is 0 Å². The van der Waals surface area contributed by atoms with Crippen LogP contribution in [0.25, 0.3) is 10.9 Å². The standard InChI is InChI=1S/C8H7N.Mg.2H/c1-2-4-8-7(3-1)5-6-9-8;;;/h1-6,9H;;;. The Morgan fingerprint density at radius 1 is 1.00 bits per heavy atom. The topological polar surface area (TPSA) is 15.8 Å². The second-order valence-electron chi connectivity index (χ2n) is 2.06. The summed E-state index contributed by atoms with van der Waals surface area (Å²) < 4.78 is 0. The van der Waals surface area contributed by atoms with Crippen LogP contribution < -0.4 is 0 Å². The Morgan fingerprint density at radius 2 is 1.80 bits per heavy atom. The Hall–Kier alpha value is -0.474. The molecule has 1 aromatic heterocycles. The average Bonchev–Trinajstić information content (AvgIpc) is 2.33. The molecule has 0 saturated carbocycles. The minimum atomic E-state index is 0. The van der Waals surface area contributed by atoms with Gasteiger partial charge >= 0.3 is 23.1 Å². The van der Waals surface area contributed by atoms with E-state index < -0.39 is 0 Å². The summed E-state index contributed by atoms with van der Waals surface area (Å²) in [6, 6.07) is 10.3. The van der Waals surface area contributed by atoms with Gasteiger partial charge in [-0.1, -0.05) is 18.2 Å². The predicted octanol–water partition coefficient (Wildman–Crippen LogP) is 1.25. The molecule has 48 valence electrons. The van der Waals surface area contributed by atoms with Gasteiger partial charge in [-0.3, -0.25) is 0 Å². The van der Waals surface area contributed by atoms with E-state index in [4.69, 9.17) is 0 Å². The van der Waals surface area contributed by atoms with Crippen molar-refractivity contribution >= 4 is 34.0 Å². The number of hydrogen-bond acceptors (Lipinski definition) is 0. The highest BCUT2D eigenvalue weighted by molar-refractivity contribution is 5.78. The van der Waals surface area contributed by atoms with Crippen LogP contribution in [-0.2, 0) is 0 Å². The Kier molecular flexibility index (Phi) is 2.35. The molecule has 0 radical (unpaired) electrons. The zero-order valence-corrected chi connectivity index (χ0v) is 4.96. The number of aromatic amines is 1. The third kappa shape index (κ3) is 1.17. The molecule has 0 saturated heterocycles. The molecule has 2 aromatic rings. The van der Waals surface area contributed by atoms with Gasteiger partial charge in [0.15, 0.2) is 0 Å². The quantitative estimate of drug-likeness (QED) is 0.535. The molecule has 10 heavy (non-hydrogen) atoms. The SMILES string of the molecule is [MgH2].c1ccc2[nH]ccc2c1. The highest BCUT2D eigenvalue weighted by atomic mass is 24.3. The lowest BCUT2D eigenvalue weighted by atomic mass is 10.3. The molecule has 2 rings (SSSR count). The molecule has 0 bridgehead atoms. The lowest BCUT2D eigenvalue weighted by molar-refractivity contribution is 1.48. The minimum absolute atomic E-state index is 0. The molecule has 1 nitrogen and oxygen atoms in total. The first-order valence-electron chi connectivity index (χ1n) is 2.99. The zero-order chi connectivity index (χ0) is 6.10. The van der Waals surface area contributed by atoms with E-state index in [-0.39, 0.29) is 23.1 Å². The highest BCUT2D eigenvalue weighted by Crippen LogP contribution is 2.09. The number of nitrogens with one attached hydrogen (secondary N) is 1. The molecule has 1 heterocycles. The Morgan fingerprint density at radius 3 is 2.60 bits per heavy atom. The lowest BCUT2D eigenvalue weighted by Gasteiger charge is -1.83. The van der Waals surface area contributed by atoms with E-state index in [2.05, 4.69) is 23.2 Å². The first kappa shape index (κ1) is 7.63. The number of H-pyrrole nitrogens is 1. The van der Waals surface area contributed by atoms with Gasteiger partial charge in [0, 0.05) is 11.7 Å². The molecule has 1 N–H and O–H groups in total. The summed E-state index contributed by atoms with van der Waals surface area (Å²) in [5, 5.41) is 1.28. The van der Waals surface area contributed by atoms with Crippen LogP contribution in [0.4, 0.5) is 0 Å². The second kappa shape index (κ2) is 3.08. The Balaban J connectivity index is 0.000000500. The van der Waals surface area contributed by atoms with Crippen molar-refractivity contribution in [2.24, 2.45) is 0 Å². The van der Waals surface area contributed by atoms with Gasteiger partial charge in [-0.05, 0) is 17.5 Å². The van der Waals surface area contributed by atoms with Gasteiger partial charge in [0.1, 0.15) is 0 Å². The summed E-state index contributed by atoms with van der Waals surface area (Å²) in [6.45, 7) is 0. The number of fused-ring (bicyclic) bond motifs is 1. The minimum Gasteiger partial charge on any atom is -0.361 e. The van der Waals surface area contributed by atoms with Crippen molar-refractivity contribution in [1.82, 2.24) is 4.98 Å². The summed E-state index contributed by atoms with van der Waals surface area (Å²) in [5.41, 5.74) is 1.21. The molecule has 1 aromatic carbocycles. The van der Waals surface area contributed by atoms with Gasteiger partial charge in [0.05, 0.1) is 0 Å². The predicted molar refractivity (Wildman–Crippen MR) is 46.8 cm³/mol. The fraction of sp³-hybridized carbons (Fsp3) is 0. The van der Waals surface area contributed by atoms with Crippen molar-refractivity contribution in [2.75, 3.05) is 0 Å². The number of para-hydroxylation sites is 1. The maximum absolute atomic E-state index is 3.12. The number of aromatic nitrogens is 1. The number of rotatable bonds is 0. The summed E-state index contributed by atoms with van der Waals surface area (Å²) in [7, 11) is 0. The van der Waals surface area contributed by atoms with Crippen LogP contribution in [0.5, 0.6) is 0 Å². The number of benzene rings is 1. The van der Waals surface area contributed by atoms with Crippen molar-refractivity contribution in [3.63, 3.8) is 0 Å². The molecule has 0 aliphatic heterocycles. The molecule has 0 fully saturated rings. The third-order valence-corrected chi connectivity index (χ3v) is 1.46. The smallest absolute Gasteiger partial charge is 0.316 e. The average molecular weight is 143 g/mol. The van der Waals surface area contributed by atoms with Crippen molar-refractivity contribution in [3.05, 3.63) is 36.5 Å². The Labute approximate surface area is 75.6 Å². The fourth-order valence-corrected chi connectivity index (χ4v) is 0.995. The molecule has 0 aliphatic carbocycles. The molecular formula is C8H9MgN. The molecule has 0 atom stereocenters. The summed E-state index contributed by atoms with van der Waals surface area (Å²) in [6.07, 6.45) is 1.95. The molecule has 0 amide bonds. The van der Waals surface area contributed by atoms with Gasteiger partial charge in [0.2, 0.25) is 0 Å². The Bertz CT molecular complexity index is 283. The number of hydrogen-bond donors (Lipinski definition) is 1. The van der Waals surface area contributed by atoms with E-state index in [1.54, 1.807) is 0 Å². The first-order chi connectivity index (χ1) is 4.47. The monoisotopic (exact) mass is 143 g/mol. The second-order valence-corrected chi connectivity index (χ2v) is 2.06. The van der Waals surface area contributed by atoms with E-state index in [0.717, 1.165) is 0 Å². The van der Waals surface area contributed by atoms with Crippen LogP contribution in [0.15, 0.2) is 36.5 Å². The van der Waals surface area contributed by atoms with Crippen LogP contribution in [0.1, 0.15) is 0 Å². The molecule has 2 heteroatoms. The van der Waals surface area contributed by atoms with Crippen LogP contribution in [0, 0.1) is 0 Å². The molecule has 0 aliphatic rings. The summed E-state index contributed by atoms with van der Waals surface area (Å²) in [5.74, 6) is 0.